The molecule has 3 rings (SSSR count). The number of unbranched alkanes of at least 4 members (excludes halogenated alkanes) is 1. The van der Waals surface area contributed by atoms with Gasteiger partial charge >= 0.3 is 0 Å². The quantitative estimate of drug-likeness (QED) is 0.481. The Bertz CT molecular complexity index is 681. The van der Waals surface area contributed by atoms with Crippen molar-refractivity contribution in [2.24, 2.45) is 0 Å². The SMILES string of the molecule is c1ccc(CCCCc2ccc(Cc3ccccc3)cc2)cc1. The molecule has 0 aliphatic carbocycles. The maximum Gasteiger partial charge on any atom is -0.00258 e. The van der Waals surface area contributed by atoms with Gasteiger partial charge in [-0.1, -0.05) is 84.9 Å². The molecule has 23 heavy (non-hydrogen) atoms. The van der Waals surface area contributed by atoms with Crippen molar-refractivity contribution in [3.8, 4) is 0 Å². The fourth-order valence-corrected chi connectivity index (χ4v) is 2.96. The summed E-state index contributed by atoms with van der Waals surface area (Å²) in [6.07, 6.45) is 5.91. The molecular weight excluding hydrogens is 276 g/mol. The zero-order valence-electron chi connectivity index (χ0n) is 13.6. The second-order valence-electron chi connectivity index (χ2n) is 6.17. The van der Waals surface area contributed by atoms with Crippen LogP contribution in [0.1, 0.15) is 35.1 Å². The number of aryl methyl sites for hydroxylation is 2. The van der Waals surface area contributed by atoms with Gasteiger partial charge in [-0.15, -0.1) is 0 Å². The summed E-state index contributed by atoms with van der Waals surface area (Å²) in [5, 5.41) is 0. The summed E-state index contributed by atoms with van der Waals surface area (Å²) in [4.78, 5) is 0. The molecule has 0 N–H and O–H groups in total. The van der Waals surface area contributed by atoms with E-state index < -0.39 is 0 Å². The van der Waals surface area contributed by atoms with E-state index in [4.69, 9.17) is 0 Å². The molecule has 0 amide bonds. The highest BCUT2D eigenvalue weighted by Gasteiger charge is 1.98. The third kappa shape index (κ3) is 5.10. The highest BCUT2D eigenvalue weighted by Crippen LogP contribution is 2.13. The summed E-state index contributed by atoms with van der Waals surface area (Å²) in [5.41, 5.74) is 5.67. The normalized spacial score (nSPS) is 10.6. The maximum atomic E-state index is 2.29. The molecule has 0 heteroatoms. The van der Waals surface area contributed by atoms with Gasteiger partial charge in [-0.05, 0) is 54.4 Å². The second kappa shape index (κ2) is 8.33. The lowest BCUT2D eigenvalue weighted by Crippen LogP contribution is -1.91. The van der Waals surface area contributed by atoms with E-state index in [1.54, 1.807) is 0 Å². The molecule has 0 saturated heterocycles. The van der Waals surface area contributed by atoms with E-state index >= 15 is 0 Å². The molecule has 0 unspecified atom stereocenters. The Balaban J connectivity index is 1.44. The number of benzene rings is 3. The van der Waals surface area contributed by atoms with Gasteiger partial charge in [0.05, 0.1) is 0 Å². The Hall–Kier alpha value is -2.34. The Morgan fingerprint density at radius 1 is 0.391 bits per heavy atom. The molecule has 0 saturated carbocycles. The second-order valence-corrected chi connectivity index (χ2v) is 6.17. The summed E-state index contributed by atoms with van der Waals surface area (Å²) in [7, 11) is 0. The van der Waals surface area contributed by atoms with Crippen molar-refractivity contribution >= 4 is 0 Å². The smallest absolute Gasteiger partial charge is 0.00258 e. The molecule has 0 nitrogen and oxygen atoms in total. The molecule has 0 bridgehead atoms. The Morgan fingerprint density at radius 3 is 1.35 bits per heavy atom. The molecule has 0 spiro atoms. The first-order valence-electron chi connectivity index (χ1n) is 8.56. The molecular formula is C23H24. The van der Waals surface area contributed by atoms with Crippen LogP contribution < -0.4 is 0 Å². The highest BCUT2D eigenvalue weighted by molar-refractivity contribution is 5.28. The van der Waals surface area contributed by atoms with Crippen molar-refractivity contribution in [3.05, 3.63) is 107 Å². The lowest BCUT2D eigenvalue weighted by molar-refractivity contribution is 0.734. The van der Waals surface area contributed by atoms with Gasteiger partial charge in [-0.3, -0.25) is 0 Å². The highest BCUT2D eigenvalue weighted by atomic mass is 14.0. The maximum absolute atomic E-state index is 2.29. The van der Waals surface area contributed by atoms with Crippen LogP contribution in [0.3, 0.4) is 0 Å². The van der Waals surface area contributed by atoms with E-state index in [0.717, 1.165) is 6.42 Å². The first-order valence-corrected chi connectivity index (χ1v) is 8.56. The summed E-state index contributed by atoms with van der Waals surface area (Å²) in [5.74, 6) is 0. The van der Waals surface area contributed by atoms with Gasteiger partial charge < -0.3 is 0 Å². The van der Waals surface area contributed by atoms with Gasteiger partial charge in [-0.25, -0.2) is 0 Å². The molecule has 3 aromatic rings. The van der Waals surface area contributed by atoms with Crippen molar-refractivity contribution in [2.45, 2.75) is 32.1 Å². The van der Waals surface area contributed by atoms with E-state index in [1.165, 1.54) is 47.9 Å². The average Bonchev–Trinajstić information content (AvgIpc) is 2.62. The molecule has 0 aliphatic rings. The summed E-state index contributed by atoms with van der Waals surface area (Å²) < 4.78 is 0. The largest absolute Gasteiger partial charge is 0.0622 e. The van der Waals surface area contributed by atoms with Crippen molar-refractivity contribution < 1.29 is 0 Å². The number of hydrogen-bond acceptors (Lipinski definition) is 0. The van der Waals surface area contributed by atoms with Crippen LogP contribution in [0.5, 0.6) is 0 Å². The fourth-order valence-electron chi connectivity index (χ4n) is 2.96. The van der Waals surface area contributed by atoms with E-state index in [9.17, 15) is 0 Å². The monoisotopic (exact) mass is 300 g/mol. The van der Waals surface area contributed by atoms with Crippen LogP contribution in [0, 0.1) is 0 Å². The molecule has 0 atom stereocenters. The Labute approximate surface area is 139 Å². The predicted octanol–water partition coefficient (Wildman–Crippen LogP) is 5.84. The third-order valence-corrected chi connectivity index (χ3v) is 4.30. The van der Waals surface area contributed by atoms with Gasteiger partial charge in [0, 0.05) is 0 Å². The molecule has 0 aromatic heterocycles. The number of rotatable bonds is 7. The van der Waals surface area contributed by atoms with E-state index in [-0.39, 0.29) is 0 Å². The number of hydrogen-bond donors (Lipinski definition) is 0. The standard InChI is InChI=1S/C23H24/c1-3-9-20(10-4-1)11-7-8-12-21-15-17-23(18-16-21)19-22-13-5-2-6-14-22/h1-6,9-10,13-18H,7-8,11-12,19H2. The zero-order valence-corrected chi connectivity index (χ0v) is 13.6. The summed E-state index contributed by atoms with van der Waals surface area (Å²) in [6.45, 7) is 0. The fraction of sp³-hybridized carbons (Fsp3) is 0.217. The van der Waals surface area contributed by atoms with Gasteiger partial charge in [0.2, 0.25) is 0 Å². The molecule has 0 radical (unpaired) electrons. The summed E-state index contributed by atoms with van der Waals surface area (Å²) >= 11 is 0. The van der Waals surface area contributed by atoms with Crippen molar-refractivity contribution in [3.63, 3.8) is 0 Å². The topological polar surface area (TPSA) is 0 Å². The lowest BCUT2D eigenvalue weighted by atomic mass is 10.0. The first-order chi connectivity index (χ1) is 11.4. The van der Waals surface area contributed by atoms with Gasteiger partial charge in [0.15, 0.2) is 0 Å². The first kappa shape index (κ1) is 15.6. The van der Waals surface area contributed by atoms with Gasteiger partial charge in [0.25, 0.3) is 0 Å². The Morgan fingerprint density at radius 2 is 0.783 bits per heavy atom. The molecule has 3 aromatic carbocycles. The van der Waals surface area contributed by atoms with Crippen LogP contribution in [0.4, 0.5) is 0 Å². The minimum Gasteiger partial charge on any atom is -0.0622 e. The van der Waals surface area contributed by atoms with E-state index in [1.807, 2.05) is 0 Å². The van der Waals surface area contributed by atoms with Crippen LogP contribution in [-0.4, -0.2) is 0 Å². The molecule has 0 aliphatic heterocycles. The van der Waals surface area contributed by atoms with Crippen LogP contribution >= 0.6 is 0 Å². The van der Waals surface area contributed by atoms with Crippen molar-refractivity contribution in [1.82, 2.24) is 0 Å². The molecule has 0 fully saturated rings. The van der Waals surface area contributed by atoms with Crippen LogP contribution in [0.25, 0.3) is 0 Å². The molecule has 0 heterocycles. The molecule has 116 valence electrons. The van der Waals surface area contributed by atoms with E-state index in [2.05, 4.69) is 84.9 Å². The lowest BCUT2D eigenvalue weighted by Gasteiger charge is -2.05. The third-order valence-electron chi connectivity index (χ3n) is 4.30. The predicted molar refractivity (Wildman–Crippen MR) is 98.8 cm³/mol. The van der Waals surface area contributed by atoms with Crippen LogP contribution in [0.2, 0.25) is 0 Å². The van der Waals surface area contributed by atoms with Crippen molar-refractivity contribution in [1.29, 1.82) is 0 Å². The van der Waals surface area contributed by atoms with Gasteiger partial charge in [-0.2, -0.15) is 0 Å². The van der Waals surface area contributed by atoms with Crippen LogP contribution in [0.15, 0.2) is 84.9 Å². The average molecular weight is 300 g/mol. The zero-order chi connectivity index (χ0) is 15.7. The minimum absolute atomic E-state index is 1.02. The Kier molecular flexibility index (Phi) is 5.64. The van der Waals surface area contributed by atoms with Crippen molar-refractivity contribution in [2.75, 3.05) is 0 Å². The van der Waals surface area contributed by atoms with Gasteiger partial charge in [0.1, 0.15) is 0 Å². The van der Waals surface area contributed by atoms with E-state index in [0.29, 0.717) is 0 Å². The summed E-state index contributed by atoms with van der Waals surface area (Å²) in [6, 6.07) is 30.6. The minimum atomic E-state index is 1.02. The van der Waals surface area contributed by atoms with Crippen LogP contribution in [-0.2, 0) is 19.3 Å².